The molecule has 0 saturated carbocycles. The van der Waals surface area contributed by atoms with E-state index in [1.54, 1.807) is 6.26 Å². The number of nitrogens with one attached hydrogen (secondary N) is 1. The number of furan rings is 1. The van der Waals surface area contributed by atoms with Crippen LogP contribution in [0.2, 0.25) is 0 Å². The van der Waals surface area contributed by atoms with Gasteiger partial charge in [0.1, 0.15) is 5.76 Å². The first-order valence-electron chi connectivity index (χ1n) is 7.16. The number of aryl methyl sites for hydroxylation is 1. The molecule has 2 heteroatoms. The Hall–Kier alpha value is -1.54. The molecule has 19 heavy (non-hydrogen) atoms. The van der Waals surface area contributed by atoms with Crippen LogP contribution in [-0.4, -0.2) is 13.1 Å². The van der Waals surface area contributed by atoms with E-state index in [-0.39, 0.29) is 0 Å². The van der Waals surface area contributed by atoms with Gasteiger partial charge in [0.15, 0.2) is 0 Å². The first kappa shape index (κ1) is 12.5. The second-order valence-electron chi connectivity index (χ2n) is 5.38. The van der Waals surface area contributed by atoms with Crippen molar-refractivity contribution in [3.63, 3.8) is 0 Å². The molecule has 2 aromatic rings. The predicted molar refractivity (Wildman–Crippen MR) is 77.4 cm³/mol. The molecule has 1 aromatic heterocycles. The molecule has 2 atom stereocenters. The Balaban J connectivity index is 1.84. The summed E-state index contributed by atoms with van der Waals surface area (Å²) in [7, 11) is 2.06. The Labute approximate surface area is 114 Å². The molecule has 2 nitrogen and oxygen atoms in total. The van der Waals surface area contributed by atoms with E-state index >= 15 is 0 Å². The molecule has 0 radical (unpaired) electrons. The molecule has 0 saturated heterocycles. The van der Waals surface area contributed by atoms with Crippen LogP contribution < -0.4 is 5.32 Å². The van der Waals surface area contributed by atoms with Crippen molar-refractivity contribution in [1.29, 1.82) is 0 Å². The van der Waals surface area contributed by atoms with Gasteiger partial charge >= 0.3 is 0 Å². The predicted octanol–water partition coefficient (Wildman–Crippen LogP) is 3.53. The third-order valence-electron chi connectivity index (χ3n) is 4.27. The van der Waals surface area contributed by atoms with Gasteiger partial charge in [-0.25, -0.2) is 0 Å². The lowest BCUT2D eigenvalue weighted by Gasteiger charge is -2.32. The molecular weight excluding hydrogens is 234 g/mol. The van der Waals surface area contributed by atoms with Crippen LogP contribution in [-0.2, 0) is 12.8 Å². The van der Waals surface area contributed by atoms with E-state index in [0.717, 1.165) is 12.2 Å². The quantitative estimate of drug-likeness (QED) is 0.904. The topological polar surface area (TPSA) is 25.2 Å². The van der Waals surface area contributed by atoms with Crippen molar-refractivity contribution < 1.29 is 4.42 Å². The van der Waals surface area contributed by atoms with E-state index in [1.807, 2.05) is 6.07 Å². The van der Waals surface area contributed by atoms with Crippen molar-refractivity contribution in [3.05, 3.63) is 59.5 Å². The molecule has 0 amide bonds. The van der Waals surface area contributed by atoms with Crippen LogP contribution >= 0.6 is 0 Å². The van der Waals surface area contributed by atoms with Gasteiger partial charge in [-0.15, -0.1) is 0 Å². The summed E-state index contributed by atoms with van der Waals surface area (Å²) in [6.45, 7) is 0. The van der Waals surface area contributed by atoms with E-state index in [4.69, 9.17) is 4.42 Å². The lowest BCUT2D eigenvalue weighted by Crippen LogP contribution is -2.35. The van der Waals surface area contributed by atoms with Crippen LogP contribution in [0.5, 0.6) is 0 Å². The minimum Gasteiger partial charge on any atom is -0.469 e. The summed E-state index contributed by atoms with van der Waals surface area (Å²) in [6.07, 6.45) is 6.50. The second kappa shape index (κ2) is 5.62. The van der Waals surface area contributed by atoms with Crippen molar-refractivity contribution in [2.24, 2.45) is 0 Å². The zero-order valence-electron chi connectivity index (χ0n) is 11.4. The summed E-state index contributed by atoms with van der Waals surface area (Å²) in [5.41, 5.74) is 3.05. The monoisotopic (exact) mass is 255 g/mol. The maximum absolute atomic E-state index is 5.50. The molecule has 2 unspecified atom stereocenters. The van der Waals surface area contributed by atoms with Gasteiger partial charge in [-0.2, -0.15) is 0 Å². The van der Waals surface area contributed by atoms with E-state index in [1.165, 1.54) is 30.4 Å². The third kappa shape index (κ3) is 2.59. The minimum absolute atomic E-state index is 0.451. The number of rotatable bonds is 4. The van der Waals surface area contributed by atoms with Crippen molar-refractivity contribution in [2.45, 2.75) is 37.6 Å². The molecular formula is C17H21NO. The molecule has 0 bridgehead atoms. The summed E-state index contributed by atoms with van der Waals surface area (Å²) >= 11 is 0. The van der Waals surface area contributed by atoms with Gasteiger partial charge in [0.2, 0.25) is 0 Å². The number of hydrogen-bond donors (Lipinski definition) is 1. The largest absolute Gasteiger partial charge is 0.469 e. The Bertz CT molecular complexity index is 518. The lowest BCUT2D eigenvalue weighted by atomic mass is 9.77. The number of benzene rings is 1. The maximum Gasteiger partial charge on any atom is 0.105 e. The van der Waals surface area contributed by atoms with Crippen molar-refractivity contribution in [2.75, 3.05) is 7.05 Å². The van der Waals surface area contributed by atoms with E-state index in [2.05, 4.69) is 42.7 Å². The summed E-state index contributed by atoms with van der Waals surface area (Å²) in [6, 6.07) is 13.4. The Morgan fingerprint density at radius 3 is 2.95 bits per heavy atom. The fraction of sp³-hybridized carbons (Fsp3) is 0.412. The molecule has 0 aliphatic heterocycles. The van der Waals surface area contributed by atoms with Crippen LogP contribution in [0, 0.1) is 0 Å². The Morgan fingerprint density at radius 1 is 1.26 bits per heavy atom. The summed E-state index contributed by atoms with van der Waals surface area (Å²) < 4.78 is 5.50. The number of likely N-dealkylation sites (N-methyl/N-ethyl adjacent to an activating group) is 1. The van der Waals surface area contributed by atoms with Gasteiger partial charge in [-0.1, -0.05) is 24.3 Å². The van der Waals surface area contributed by atoms with E-state index < -0.39 is 0 Å². The maximum atomic E-state index is 5.50. The molecule has 1 aliphatic carbocycles. The first-order valence-corrected chi connectivity index (χ1v) is 7.16. The fourth-order valence-electron chi connectivity index (χ4n) is 3.30. The van der Waals surface area contributed by atoms with Gasteiger partial charge in [0, 0.05) is 12.5 Å². The van der Waals surface area contributed by atoms with Crippen molar-refractivity contribution in [3.8, 4) is 0 Å². The van der Waals surface area contributed by atoms with Crippen LogP contribution in [0.15, 0.2) is 47.1 Å². The molecule has 3 rings (SSSR count). The molecule has 100 valence electrons. The molecule has 0 fully saturated rings. The van der Waals surface area contributed by atoms with Gasteiger partial charge in [0.25, 0.3) is 0 Å². The SMILES string of the molecule is CNC(Cc1ccco1)C1CCCc2ccccc21. The second-order valence-corrected chi connectivity index (χ2v) is 5.38. The van der Waals surface area contributed by atoms with Gasteiger partial charge in [-0.05, 0) is 55.5 Å². The fourth-order valence-corrected chi connectivity index (χ4v) is 3.30. The molecule has 1 heterocycles. The highest BCUT2D eigenvalue weighted by Crippen LogP contribution is 2.34. The average molecular weight is 255 g/mol. The highest BCUT2D eigenvalue weighted by Gasteiger charge is 2.27. The summed E-state index contributed by atoms with van der Waals surface area (Å²) in [5, 5.41) is 3.49. The molecule has 1 N–H and O–H groups in total. The Kier molecular flexibility index (Phi) is 3.69. The van der Waals surface area contributed by atoms with Crippen molar-refractivity contribution >= 4 is 0 Å². The van der Waals surface area contributed by atoms with Crippen LogP contribution in [0.3, 0.4) is 0 Å². The van der Waals surface area contributed by atoms with E-state index in [0.29, 0.717) is 12.0 Å². The standard InChI is InChI=1S/C17H21NO/c1-18-17(12-14-8-5-11-19-14)16-10-4-7-13-6-2-3-9-15(13)16/h2-3,5-6,8-9,11,16-18H,4,7,10,12H2,1H3. The molecule has 0 spiro atoms. The number of fused-ring (bicyclic) bond motifs is 1. The minimum atomic E-state index is 0.451. The average Bonchev–Trinajstić information content (AvgIpc) is 2.97. The highest BCUT2D eigenvalue weighted by atomic mass is 16.3. The van der Waals surface area contributed by atoms with Crippen LogP contribution in [0.1, 0.15) is 35.6 Å². The number of hydrogen-bond acceptors (Lipinski definition) is 2. The zero-order valence-corrected chi connectivity index (χ0v) is 11.4. The zero-order chi connectivity index (χ0) is 13.1. The summed E-state index contributed by atoms with van der Waals surface area (Å²) in [5.74, 6) is 1.67. The van der Waals surface area contributed by atoms with Gasteiger partial charge in [0.05, 0.1) is 6.26 Å². The van der Waals surface area contributed by atoms with Crippen LogP contribution in [0.25, 0.3) is 0 Å². The lowest BCUT2D eigenvalue weighted by molar-refractivity contribution is 0.382. The van der Waals surface area contributed by atoms with Gasteiger partial charge < -0.3 is 9.73 Å². The molecule has 1 aromatic carbocycles. The summed E-state index contributed by atoms with van der Waals surface area (Å²) in [4.78, 5) is 0. The van der Waals surface area contributed by atoms with Crippen molar-refractivity contribution in [1.82, 2.24) is 5.32 Å². The highest BCUT2D eigenvalue weighted by molar-refractivity contribution is 5.34. The molecule has 1 aliphatic rings. The first-order chi connectivity index (χ1) is 9.38. The van der Waals surface area contributed by atoms with E-state index in [9.17, 15) is 0 Å². The van der Waals surface area contributed by atoms with Crippen LogP contribution in [0.4, 0.5) is 0 Å². The third-order valence-corrected chi connectivity index (χ3v) is 4.27. The smallest absolute Gasteiger partial charge is 0.105 e. The normalized spacial score (nSPS) is 19.9. The van der Waals surface area contributed by atoms with Gasteiger partial charge in [-0.3, -0.25) is 0 Å². The Morgan fingerprint density at radius 2 is 2.16 bits per heavy atom.